The van der Waals surface area contributed by atoms with E-state index in [1.54, 1.807) is 0 Å². The Bertz CT molecular complexity index is 902. The third-order valence-electron chi connectivity index (χ3n) is 5.07. The minimum absolute atomic E-state index is 0.0162. The van der Waals surface area contributed by atoms with Crippen LogP contribution >= 0.6 is 0 Å². The fourth-order valence-electron chi connectivity index (χ4n) is 3.24. The molecule has 1 aromatic carbocycles. The lowest BCUT2D eigenvalue weighted by Gasteiger charge is -2.22. The van der Waals surface area contributed by atoms with Crippen molar-refractivity contribution in [1.82, 2.24) is 21.3 Å². The SMILES string of the molecule is C#CCC1NC(=O)C(CCCCNC(=O)c2ccc(F)cc2)NC(=O)COCCOCCNC1=O. The van der Waals surface area contributed by atoms with Gasteiger partial charge in [0, 0.05) is 25.1 Å². The van der Waals surface area contributed by atoms with Crippen LogP contribution in [-0.4, -0.2) is 75.2 Å². The molecule has 35 heavy (non-hydrogen) atoms. The van der Waals surface area contributed by atoms with Crippen molar-refractivity contribution in [3.63, 3.8) is 0 Å². The van der Waals surface area contributed by atoms with Crippen LogP contribution in [0.4, 0.5) is 4.39 Å². The Labute approximate surface area is 203 Å². The maximum atomic E-state index is 13.0. The molecular weight excluding hydrogens is 459 g/mol. The van der Waals surface area contributed by atoms with Gasteiger partial charge in [-0.3, -0.25) is 19.2 Å². The Hall–Kier alpha value is -3.49. The number of amides is 4. The second kappa shape index (κ2) is 15.4. The second-order valence-electron chi connectivity index (χ2n) is 7.80. The van der Waals surface area contributed by atoms with E-state index in [0.717, 1.165) is 0 Å². The Morgan fingerprint density at radius 3 is 2.51 bits per heavy atom. The topological polar surface area (TPSA) is 135 Å². The molecule has 2 unspecified atom stereocenters. The number of rotatable bonds is 7. The van der Waals surface area contributed by atoms with Crippen LogP contribution in [0, 0.1) is 18.2 Å². The van der Waals surface area contributed by atoms with E-state index in [1.165, 1.54) is 24.3 Å². The number of benzene rings is 1. The average molecular weight is 491 g/mol. The molecule has 1 aromatic rings. The normalized spacial score (nSPS) is 20.3. The molecule has 0 radical (unpaired) electrons. The Kier molecular flexibility index (Phi) is 12.2. The summed E-state index contributed by atoms with van der Waals surface area (Å²) < 4.78 is 23.6. The molecule has 1 heterocycles. The zero-order chi connectivity index (χ0) is 25.5. The van der Waals surface area contributed by atoms with Gasteiger partial charge in [-0.2, -0.15) is 0 Å². The van der Waals surface area contributed by atoms with Crippen molar-refractivity contribution in [2.45, 2.75) is 37.8 Å². The van der Waals surface area contributed by atoms with Crippen molar-refractivity contribution in [2.75, 3.05) is 39.5 Å². The summed E-state index contributed by atoms with van der Waals surface area (Å²) in [5.41, 5.74) is 0.336. The van der Waals surface area contributed by atoms with E-state index >= 15 is 0 Å². The number of halogens is 1. The molecule has 1 aliphatic rings. The molecule has 4 amide bonds. The lowest BCUT2D eigenvalue weighted by Crippen LogP contribution is -2.54. The number of carbonyl (C=O) groups excluding carboxylic acids is 4. The molecular formula is C24H31FN4O6. The van der Waals surface area contributed by atoms with Crippen molar-refractivity contribution in [1.29, 1.82) is 0 Å². The molecule has 2 rings (SSSR count). The maximum Gasteiger partial charge on any atom is 0.251 e. The van der Waals surface area contributed by atoms with Crippen molar-refractivity contribution >= 4 is 23.6 Å². The largest absolute Gasteiger partial charge is 0.377 e. The van der Waals surface area contributed by atoms with Crippen LogP contribution in [-0.2, 0) is 23.9 Å². The summed E-state index contributed by atoms with van der Waals surface area (Å²) >= 11 is 0. The fraction of sp³-hybridized carbons (Fsp3) is 0.500. The van der Waals surface area contributed by atoms with Gasteiger partial charge in [-0.25, -0.2) is 4.39 Å². The summed E-state index contributed by atoms with van der Waals surface area (Å²) in [5.74, 6) is 0.126. The van der Waals surface area contributed by atoms with Gasteiger partial charge in [0.2, 0.25) is 17.7 Å². The van der Waals surface area contributed by atoms with E-state index in [9.17, 15) is 23.6 Å². The van der Waals surface area contributed by atoms with E-state index in [4.69, 9.17) is 15.9 Å². The molecule has 0 aromatic heterocycles. The van der Waals surface area contributed by atoms with Crippen molar-refractivity contribution in [3.8, 4) is 12.3 Å². The Morgan fingerprint density at radius 2 is 1.77 bits per heavy atom. The van der Waals surface area contributed by atoms with Crippen molar-refractivity contribution in [2.24, 2.45) is 0 Å². The van der Waals surface area contributed by atoms with Crippen LogP contribution in [0.3, 0.4) is 0 Å². The molecule has 0 aliphatic carbocycles. The molecule has 11 heteroatoms. The average Bonchev–Trinajstić information content (AvgIpc) is 2.84. The van der Waals surface area contributed by atoms with Crippen LogP contribution < -0.4 is 21.3 Å². The van der Waals surface area contributed by atoms with Gasteiger partial charge in [-0.05, 0) is 43.5 Å². The van der Waals surface area contributed by atoms with Gasteiger partial charge in [0.25, 0.3) is 5.91 Å². The molecule has 10 nitrogen and oxygen atoms in total. The first kappa shape index (κ1) is 27.8. The number of terminal acetylenes is 1. The molecule has 0 spiro atoms. The Morgan fingerprint density at radius 1 is 1.03 bits per heavy atom. The number of hydrogen-bond acceptors (Lipinski definition) is 6. The van der Waals surface area contributed by atoms with Gasteiger partial charge < -0.3 is 30.7 Å². The fourth-order valence-corrected chi connectivity index (χ4v) is 3.24. The van der Waals surface area contributed by atoms with Gasteiger partial charge in [0.1, 0.15) is 24.5 Å². The highest BCUT2D eigenvalue weighted by Gasteiger charge is 2.26. The minimum Gasteiger partial charge on any atom is -0.377 e. The summed E-state index contributed by atoms with van der Waals surface area (Å²) in [5, 5.41) is 10.6. The van der Waals surface area contributed by atoms with Gasteiger partial charge in [-0.15, -0.1) is 12.3 Å². The summed E-state index contributed by atoms with van der Waals surface area (Å²) in [7, 11) is 0. The quantitative estimate of drug-likeness (QED) is 0.311. The zero-order valence-corrected chi connectivity index (χ0v) is 19.4. The molecule has 1 fully saturated rings. The standard InChI is InChI=1S/C24H31FN4O6/c1-2-5-19-23(32)27-12-13-34-14-15-35-16-21(30)28-20(24(33)29-19)6-3-4-11-26-22(31)17-7-9-18(25)10-8-17/h1,7-10,19-20H,3-6,11-16H2,(H,26,31)(H,27,32)(H,28,30)(H,29,33). The van der Waals surface area contributed by atoms with Gasteiger partial charge in [0.05, 0.1) is 19.8 Å². The summed E-state index contributed by atoms with van der Waals surface area (Å²) in [6.07, 6.45) is 6.60. The highest BCUT2D eigenvalue weighted by molar-refractivity contribution is 5.94. The monoisotopic (exact) mass is 490 g/mol. The number of ether oxygens (including phenoxy) is 2. The molecule has 4 N–H and O–H groups in total. The molecule has 0 bridgehead atoms. The summed E-state index contributed by atoms with van der Waals surface area (Å²) in [6, 6.07) is 3.31. The predicted octanol–water partition coefficient (Wildman–Crippen LogP) is -0.118. The molecule has 1 saturated heterocycles. The lowest BCUT2D eigenvalue weighted by atomic mass is 10.1. The van der Waals surface area contributed by atoms with Gasteiger partial charge >= 0.3 is 0 Å². The van der Waals surface area contributed by atoms with Crippen LogP contribution in [0.1, 0.15) is 36.0 Å². The van der Waals surface area contributed by atoms with Crippen LogP contribution in [0.15, 0.2) is 24.3 Å². The summed E-state index contributed by atoms with van der Waals surface area (Å²) in [4.78, 5) is 49.6. The minimum atomic E-state index is -0.955. The van der Waals surface area contributed by atoms with Gasteiger partial charge in [-0.1, -0.05) is 0 Å². The van der Waals surface area contributed by atoms with Crippen LogP contribution in [0.5, 0.6) is 0 Å². The number of nitrogens with one attached hydrogen (secondary N) is 4. The van der Waals surface area contributed by atoms with Gasteiger partial charge in [0.15, 0.2) is 0 Å². The van der Waals surface area contributed by atoms with E-state index in [1.807, 2.05) is 0 Å². The highest BCUT2D eigenvalue weighted by Crippen LogP contribution is 2.05. The van der Waals surface area contributed by atoms with E-state index in [0.29, 0.717) is 24.9 Å². The number of unbranched alkanes of at least 4 members (excludes halogenated alkanes) is 1. The van der Waals surface area contributed by atoms with E-state index < -0.39 is 35.6 Å². The number of hydrogen-bond donors (Lipinski definition) is 4. The first-order valence-corrected chi connectivity index (χ1v) is 11.4. The number of carbonyl (C=O) groups is 4. The third kappa shape index (κ3) is 10.5. The first-order valence-electron chi connectivity index (χ1n) is 11.4. The summed E-state index contributed by atoms with van der Waals surface area (Å²) in [6.45, 7) is 1.00. The van der Waals surface area contributed by atoms with Crippen LogP contribution in [0.2, 0.25) is 0 Å². The first-order chi connectivity index (χ1) is 16.9. The highest BCUT2D eigenvalue weighted by atomic mass is 19.1. The second-order valence-corrected chi connectivity index (χ2v) is 7.80. The van der Waals surface area contributed by atoms with E-state index in [2.05, 4.69) is 27.2 Å². The zero-order valence-electron chi connectivity index (χ0n) is 19.4. The Balaban J connectivity index is 1.92. The third-order valence-corrected chi connectivity index (χ3v) is 5.07. The van der Waals surface area contributed by atoms with E-state index in [-0.39, 0.29) is 51.7 Å². The predicted molar refractivity (Wildman–Crippen MR) is 125 cm³/mol. The smallest absolute Gasteiger partial charge is 0.251 e. The van der Waals surface area contributed by atoms with Crippen LogP contribution in [0.25, 0.3) is 0 Å². The lowest BCUT2D eigenvalue weighted by molar-refractivity contribution is -0.133. The molecule has 0 saturated carbocycles. The van der Waals surface area contributed by atoms with Crippen molar-refractivity contribution in [3.05, 3.63) is 35.6 Å². The van der Waals surface area contributed by atoms with Crippen molar-refractivity contribution < 1.29 is 33.0 Å². The molecule has 190 valence electrons. The molecule has 2 atom stereocenters. The maximum absolute atomic E-state index is 13.0. The molecule has 1 aliphatic heterocycles.